The highest BCUT2D eigenvalue weighted by atomic mass is 127. The van der Waals surface area contributed by atoms with Crippen LogP contribution >= 0.6 is 22.6 Å². The number of hydrogen-bond acceptors (Lipinski definition) is 2. The predicted octanol–water partition coefficient (Wildman–Crippen LogP) is 2.79. The molecule has 1 saturated carbocycles. The first-order chi connectivity index (χ1) is 8.04. The van der Waals surface area contributed by atoms with Crippen molar-refractivity contribution in [2.24, 2.45) is 5.41 Å². The summed E-state index contributed by atoms with van der Waals surface area (Å²) in [5.41, 5.74) is 7.40. The Hall–Kier alpha value is -0.780. The lowest BCUT2D eigenvalue weighted by atomic mass is 10.0. The fourth-order valence-electron chi connectivity index (χ4n) is 1.95. The van der Waals surface area contributed by atoms with Crippen LogP contribution in [0.4, 0.5) is 5.69 Å². The second kappa shape index (κ2) is 4.84. The fourth-order valence-corrected chi connectivity index (χ4v) is 2.64. The summed E-state index contributed by atoms with van der Waals surface area (Å²) < 4.78 is 0.990. The van der Waals surface area contributed by atoms with Crippen LogP contribution in [0.1, 0.15) is 36.5 Å². The van der Waals surface area contributed by atoms with Crippen molar-refractivity contribution in [3.63, 3.8) is 0 Å². The molecule has 0 aromatic heterocycles. The molecule has 17 heavy (non-hydrogen) atoms. The standard InChI is InChI=1S/C13H17IN2O/c1-2-13(3-4-13)8-16-12(17)9-5-10(14)7-11(15)6-9/h5-7H,2-4,8,15H2,1H3,(H,16,17). The SMILES string of the molecule is CCC1(CNC(=O)c2cc(N)cc(I)c2)CC1. The Morgan fingerprint density at radius 2 is 2.18 bits per heavy atom. The van der Waals surface area contributed by atoms with Gasteiger partial charge in [-0.25, -0.2) is 0 Å². The molecule has 3 N–H and O–H groups in total. The molecular formula is C13H17IN2O. The van der Waals surface area contributed by atoms with Crippen molar-refractivity contribution < 1.29 is 4.79 Å². The maximum Gasteiger partial charge on any atom is 0.251 e. The molecule has 1 aromatic carbocycles. The van der Waals surface area contributed by atoms with Gasteiger partial charge in [0, 0.05) is 21.4 Å². The summed E-state index contributed by atoms with van der Waals surface area (Å²) in [6.45, 7) is 2.97. The zero-order valence-corrected chi connectivity index (χ0v) is 12.1. The van der Waals surface area contributed by atoms with Gasteiger partial charge >= 0.3 is 0 Å². The van der Waals surface area contributed by atoms with Crippen molar-refractivity contribution in [1.29, 1.82) is 0 Å². The number of carbonyl (C=O) groups excluding carboxylic acids is 1. The molecule has 1 aliphatic carbocycles. The lowest BCUT2D eigenvalue weighted by Crippen LogP contribution is -2.30. The highest BCUT2D eigenvalue weighted by Crippen LogP contribution is 2.47. The van der Waals surface area contributed by atoms with Gasteiger partial charge in [0.15, 0.2) is 0 Å². The zero-order chi connectivity index (χ0) is 12.5. The van der Waals surface area contributed by atoms with Crippen molar-refractivity contribution in [3.8, 4) is 0 Å². The normalized spacial score (nSPS) is 16.6. The topological polar surface area (TPSA) is 55.1 Å². The average molecular weight is 344 g/mol. The van der Waals surface area contributed by atoms with E-state index in [4.69, 9.17) is 5.73 Å². The van der Waals surface area contributed by atoms with Crippen LogP contribution in [-0.4, -0.2) is 12.5 Å². The van der Waals surface area contributed by atoms with Crippen molar-refractivity contribution in [2.75, 3.05) is 12.3 Å². The molecular weight excluding hydrogens is 327 g/mol. The van der Waals surface area contributed by atoms with E-state index in [0.29, 0.717) is 16.7 Å². The molecule has 1 fully saturated rings. The van der Waals surface area contributed by atoms with Crippen LogP contribution in [0.5, 0.6) is 0 Å². The number of carbonyl (C=O) groups is 1. The number of benzene rings is 1. The lowest BCUT2D eigenvalue weighted by molar-refractivity contribution is 0.0944. The highest BCUT2D eigenvalue weighted by Gasteiger charge is 2.40. The van der Waals surface area contributed by atoms with Gasteiger partial charge in [-0.2, -0.15) is 0 Å². The van der Waals surface area contributed by atoms with Crippen molar-refractivity contribution in [2.45, 2.75) is 26.2 Å². The van der Waals surface area contributed by atoms with Gasteiger partial charge in [0.25, 0.3) is 5.91 Å². The lowest BCUT2D eigenvalue weighted by Gasteiger charge is -2.13. The summed E-state index contributed by atoms with van der Waals surface area (Å²) in [5, 5.41) is 3.01. The highest BCUT2D eigenvalue weighted by molar-refractivity contribution is 14.1. The van der Waals surface area contributed by atoms with Crippen LogP contribution in [0.2, 0.25) is 0 Å². The van der Waals surface area contributed by atoms with Crippen molar-refractivity contribution in [1.82, 2.24) is 5.32 Å². The van der Waals surface area contributed by atoms with E-state index in [9.17, 15) is 4.79 Å². The van der Waals surface area contributed by atoms with E-state index in [2.05, 4.69) is 34.8 Å². The molecule has 0 bridgehead atoms. The van der Waals surface area contributed by atoms with E-state index in [0.717, 1.165) is 16.5 Å². The first-order valence-electron chi connectivity index (χ1n) is 5.89. The number of amides is 1. The van der Waals surface area contributed by atoms with E-state index in [1.807, 2.05) is 12.1 Å². The van der Waals surface area contributed by atoms with Crippen LogP contribution in [-0.2, 0) is 0 Å². The van der Waals surface area contributed by atoms with Gasteiger partial charge in [0.05, 0.1) is 0 Å². The quantitative estimate of drug-likeness (QED) is 0.652. The summed E-state index contributed by atoms with van der Waals surface area (Å²) in [7, 11) is 0. The van der Waals surface area contributed by atoms with Gasteiger partial charge in [-0.05, 0) is 65.5 Å². The minimum atomic E-state index is -0.0186. The number of rotatable bonds is 4. The molecule has 0 saturated heterocycles. The summed E-state index contributed by atoms with van der Waals surface area (Å²) in [5.74, 6) is -0.0186. The van der Waals surface area contributed by atoms with E-state index < -0.39 is 0 Å². The Balaban J connectivity index is 1.99. The molecule has 0 unspecified atom stereocenters. The van der Waals surface area contributed by atoms with Crippen LogP contribution < -0.4 is 11.1 Å². The third-order valence-electron chi connectivity index (χ3n) is 3.51. The fraction of sp³-hybridized carbons (Fsp3) is 0.462. The summed E-state index contributed by atoms with van der Waals surface area (Å²) >= 11 is 2.17. The number of nitrogens with one attached hydrogen (secondary N) is 1. The van der Waals surface area contributed by atoms with Gasteiger partial charge in [0.2, 0.25) is 0 Å². The van der Waals surface area contributed by atoms with Crippen LogP contribution in [0.15, 0.2) is 18.2 Å². The molecule has 0 radical (unpaired) electrons. The van der Waals surface area contributed by atoms with E-state index in [1.54, 1.807) is 6.07 Å². The Morgan fingerprint density at radius 3 is 2.71 bits per heavy atom. The Bertz CT molecular complexity index is 421. The van der Waals surface area contributed by atoms with E-state index >= 15 is 0 Å². The van der Waals surface area contributed by atoms with Crippen molar-refractivity contribution >= 4 is 34.2 Å². The second-order valence-electron chi connectivity index (χ2n) is 4.81. The Kier molecular flexibility index (Phi) is 3.61. The third kappa shape index (κ3) is 3.12. The van der Waals surface area contributed by atoms with Gasteiger partial charge in [-0.3, -0.25) is 4.79 Å². The molecule has 0 heterocycles. The van der Waals surface area contributed by atoms with E-state index in [1.165, 1.54) is 12.8 Å². The number of nitrogen functional groups attached to an aromatic ring is 1. The predicted molar refractivity (Wildman–Crippen MR) is 77.9 cm³/mol. The maximum absolute atomic E-state index is 12.0. The molecule has 92 valence electrons. The number of hydrogen-bond donors (Lipinski definition) is 2. The Morgan fingerprint density at radius 1 is 1.47 bits per heavy atom. The molecule has 0 spiro atoms. The second-order valence-corrected chi connectivity index (χ2v) is 6.06. The molecule has 4 heteroatoms. The molecule has 1 amide bonds. The molecule has 3 nitrogen and oxygen atoms in total. The minimum Gasteiger partial charge on any atom is -0.399 e. The van der Waals surface area contributed by atoms with Crippen LogP contribution in [0, 0.1) is 8.99 Å². The zero-order valence-electron chi connectivity index (χ0n) is 9.92. The average Bonchev–Trinajstić information content (AvgIpc) is 3.05. The summed E-state index contributed by atoms with van der Waals surface area (Å²) in [6.07, 6.45) is 3.61. The molecule has 1 aromatic rings. The van der Waals surface area contributed by atoms with Gasteiger partial charge in [0.1, 0.15) is 0 Å². The van der Waals surface area contributed by atoms with Gasteiger partial charge < -0.3 is 11.1 Å². The minimum absolute atomic E-state index is 0.0186. The molecule has 1 aliphatic rings. The van der Waals surface area contributed by atoms with Gasteiger partial charge in [-0.15, -0.1) is 0 Å². The van der Waals surface area contributed by atoms with Crippen LogP contribution in [0.3, 0.4) is 0 Å². The summed E-state index contributed by atoms with van der Waals surface area (Å²) in [4.78, 5) is 12.0. The molecule has 0 atom stereocenters. The third-order valence-corrected chi connectivity index (χ3v) is 4.14. The van der Waals surface area contributed by atoms with Crippen LogP contribution in [0.25, 0.3) is 0 Å². The first-order valence-corrected chi connectivity index (χ1v) is 6.97. The van der Waals surface area contributed by atoms with Crippen molar-refractivity contribution in [3.05, 3.63) is 27.3 Å². The molecule has 2 rings (SSSR count). The van der Waals surface area contributed by atoms with E-state index in [-0.39, 0.29) is 5.91 Å². The number of halogens is 1. The largest absolute Gasteiger partial charge is 0.399 e. The van der Waals surface area contributed by atoms with Gasteiger partial charge in [-0.1, -0.05) is 6.92 Å². The first kappa shape index (κ1) is 12.7. The monoisotopic (exact) mass is 344 g/mol. The summed E-state index contributed by atoms with van der Waals surface area (Å²) in [6, 6.07) is 5.44. The number of anilines is 1. The Labute approximate surface area is 115 Å². The number of nitrogens with two attached hydrogens (primary N) is 1. The molecule has 0 aliphatic heterocycles. The maximum atomic E-state index is 12.0. The smallest absolute Gasteiger partial charge is 0.251 e.